The Bertz CT molecular complexity index is 756. The first-order valence-electron chi connectivity index (χ1n) is 11.7. The Balaban J connectivity index is 2.29. The Kier molecular flexibility index (Phi) is 12.2. The lowest BCUT2D eigenvalue weighted by atomic mass is 9.80. The van der Waals surface area contributed by atoms with Crippen LogP contribution in [0.3, 0.4) is 0 Å². The number of nitrogens with one attached hydrogen (secondary N) is 1. The molecule has 0 spiro atoms. The van der Waals surface area contributed by atoms with Crippen molar-refractivity contribution in [3.8, 4) is 0 Å². The zero-order chi connectivity index (χ0) is 24.2. The smallest absolute Gasteiger partial charge is 0.420 e. The molecular weight excluding hydrogens is 430 g/mol. The van der Waals surface area contributed by atoms with E-state index in [1.54, 1.807) is 10.8 Å². The molecule has 2 N–H and O–H groups in total. The second-order valence-corrected chi connectivity index (χ2v) is 11.2. The summed E-state index contributed by atoms with van der Waals surface area (Å²) in [5.41, 5.74) is -0.177. The van der Waals surface area contributed by atoms with Gasteiger partial charge in [0.05, 0.1) is 19.0 Å². The molecule has 3 atom stereocenters. The fourth-order valence-corrected chi connectivity index (χ4v) is 4.16. The summed E-state index contributed by atoms with van der Waals surface area (Å²) in [6, 6.07) is 0. The highest BCUT2D eigenvalue weighted by Crippen LogP contribution is 2.32. The lowest BCUT2D eigenvalue weighted by molar-refractivity contribution is -0.118. The van der Waals surface area contributed by atoms with Gasteiger partial charge in [-0.05, 0) is 30.8 Å². The highest BCUT2D eigenvalue weighted by atomic mass is 32.2. The van der Waals surface area contributed by atoms with Crippen molar-refractivity contribution in [2.45, 2.75) is 84.7 Å². The lowest BCUT2D eigenvalue weighted by Gasteiger charge is -2.29. The van der Waals surface area contributed by atoms with E-state index < -0.39 is 22.2 Å². The summed E-state index contributed by atoms with van der Waals surface area (Å²) in [4.78, 5) is 23.5. The molecule has 0 saturated heterocycles. The van der Waals surface area contributed by atoms with Crippen LogP contribution in [0.2, 0.25) is 0 Å². The van der Waals surface area contributed by atoms with Crippen LogP contribution in [-0.4, -0.2) is 44.4 Å². The average molecular weight is 472 g/mol. The fraction of sp³-hybridized carbons (Fsp3) is 0.750. The number of aliphatic hydroxyl groups is 1. The average Bonchev–Trinajstić information content (AvgIpc) is 3.04. The van der Waals surface area contributed by atoms with Crippen LogP contribution >= 0.6 is 0 Å². The second kappa shape index (κ2) is 13.8. The molecule has 184 valence electrons. The minimum Gasteiger partial charge on any atom is -0.449 e. The molecule has 0 unspecified atom stereocenters. The largest absolute Gasteiger partial charge is 0.449 e. The van der Waals surface area contributed by atoms with Gasteiger partial charge in [-0.15, -0.1) is 0 Å². The summed E-state index contributed by atoms with van der Waals surface area (Å²) in [5.74, 6) is 0.144. The molecule has 8 heteroatoms. The SMILES string of the molecule is CCCCC(C)(C)[C@H](O)/C=C/[C@H]1C=CC(=O)[C@@H]1CCCCCCCOC(=O)NS(C)(=O)=O. The summed E-state index contributed by atoms with van der Waals surface area (Å²) in [6.07, 6.45) is 15.2. The van der Waals surface area contributed by atoms with Gasteiger partial charge in [-0.25, -0.2) is 17.9 Å². The highest BCUT2D eigenvalue weighted by Gasteiger charge is 2.29. The summed E-state index contributed by atoms with van der Waals surface area (Å²) >= 11 is 0. The number of allylic oxidation sites excluding steroid dienone is 3. The van der Waals surface area contributed by atoms with Gasteiger partial charge in [0.25, 0.3) is 0 Å². The van der Waals surface area contributed by atoms with Gasteiger partial charge in [0.2, 0.25) is 10.0 Å². The number of rotatable bonds is 15. The number of carbonyl (C=O) groups excluding carboxylic acids is 2. The maximum absolute atomic E-state index is 12.3. The summed E-state index contributed by atoms with van der Waals surface area (Å²) < 4.78 is 28.4. The van der Waals surface area contributed by atoms with E-state index in [1.165, 1.54) is 0 Å². The molecule has 0 aromatic rings. The van der Waals surface area contributed by atoms with E-state index in [0.717, 1.165) is 57.6 Å². The Morgan fingerprint density at radius 1 is 1.22 bits per heavy atom. The normalized spacial score (nSPS) is 20.1. The van der Waals surface area contributed by atoms with Crippen molar-refractivity contribution in [1.82, 2.24) is 4.72 Å². The quantitative estimate of drug-likeness (QED) is 0.268. The van der Waals surface area contributed by atoms with Crippen LogP contribution < -0.4 is 4.72 Å². The van der Waals surface area contributed by atoms with E-state index in [-0.39, 0.29) is 29.6 Å². The van der Waals surface area contributed by atoms with Gasteiger partial charge in [0, 0.05) is 11.8 Å². The molecule has 1 aliphatic rings. The molecule has 1 amide bonds. The summed E-state index contributed by atoms with van der Waals surface area (Å²) in [5, 5.41) is 10.6. The number of ketones is 1. The first-order valence-corrected chi connectivity index (χ1v) is 13.6. The minimum absolute atomic E-state index is 0.0425. The molecule has 1 aliphatic carbocycles. The van der Waals surface area contributed by atoms with Gasteiger partial charge in [-0.2, -0.15) is 0 Å². The molecule has 7 nitrogen and oxygen atoms in total. The number of sulfonamides is 1. The fourth-order valence-electron chi connectivity index (χ4n) is 3.80. The Morgan fingerprint density at radius 2 is 1.88 bits per heavy atom. The van der Waals surface area contributed by atoms with Gasteiger partial charge in [0.15, 0.2) is 5.78 Å². The third kappa shape index (κ3) is 11.3. The van der Waals surface area contributed by atoms with Gasteiger partial charge in [-0.3, -0.25) is 4.79 Å². The van der Waals surface area contributed by atoms with Crippen LogP contribution in [0.5, 0.6) is 0 Å². The number of amides is 1. The molecule has 0 fully saturated rings. The second-order valence-electron chi connectivity index (χ2n) is 9.43. The van der Waals surface area contributed by atoms with Crippen molar-refractivity contribution in [2.75, 3.05) is 12.9 Å². The Labute approximate surface area is 193 Å². The molecule has 0 saturated carbocycles. The van der Waals surface area contributed by atoms with Crippen molar-refractivity contribution >= 4 is 21.9 Å². The molecule has 0 aromatic carbocycles. The van der Waals surface area contributed by atoms with E-state index in [1.807, 2.05) is 18.2 Å². The maximum Gasteiger partial charge on any atom is 0.420 e. The van der Waals surface area contributed by atoms with Crippen LogP contribution in [0.4, 0.5) is 4.79 Å². The first-order chi connectivity index (χ1) is 15.0. The van der Waals surface area contributed by atoms with Crippen molar-refractivity contribution in [3.05, 3.63) is 24.3 Å². The van der Waals surface area contributed by atoms with Crippen molar-refractivity contribution in [2.24, 2.45) is 17.3 Å². The highest BCUT2D eigenvalue weighted by molar-refractivity contribution is 7.89. The summed E-state index contributed by atoms with van der Waals surface area (Å²) in [7, 11) is -3.59. The molecule has 0 bridgehead atoms. The van der Waals surface area contributed by atoms with Gasteiger partial charge >= 0.3 is 6.09 Å². The standard InChI is InChI=1S/C24H41NO6S/c1-5-6-17-24(2,3)22(27)16-14-19-13-15-21(26)20(19)12-10-8-7-9-11-18-31-23(28)25-32(4,29)30/h13-16,19-20,22,27H,5-12,17-18H2,1-4H3,(H,25,28)/b16-14+/t19-,20-,22-/m1/s1. The van der Waals surface area contributed by atoms with Crippen molar-refractivity contribution in [3.63, 3.8) is 0 Å². The number of ether oxygens (including phenoxy) is 1. The van der Waals surface area contributed by atoms with Crippen LogP contribution in [0.1, 0.15) is 78.6 Å². The zero-order valence-corrected chi connectivity index (χ0v) is 20.8. The molecule has 32 heavy (non-hydrogen) atoms. The zero-order valence-electron chi connectivity index (χ0n) is 20.0. The number of hydrogen-bond acceptors (Lipinski definition) is 6. The maximum atomic E-state index is 12.3. The Morgan fingerprint density at radius 3 is 2.53 bits per heavy atom. The third-order valence-electron chi connectivity index (χ3n) is 5.97. The van der Waals surface area contributed by atoms with Crippen LogP contribution in [0, 0.1) is 17.3 Å². The Hall–Kier alpha value is -1.67. The predicted molar refractivity (Wildman–Crippen MR) is 127 cm³/mol. The van der Waals surface area contributed by atoms with Gasteiger partial charge in [-0.1, -0.05) is 77.5 Å². The first kappa shape index (κ1) is 28.4. The van der Waals surface area contributed by atoms with Crippen molar-refractivity contribution in [1.29, 1.82) is 0 Å². The van der Waals surface area contributed by atoms with Crippen LogP contribution in [0.15, 0.2) is 24.3 Å². The monoisotopic (exact) mass is 471 g/mol. The molecule has 0 aromatic heterocycles. The number of aliphatic hydroxyl groups excluding tert-OH is 1. The number of unbranched alkanes of at least 4 members (excludes halogenated alkanes) is 5. The molecule has 0 aliphatic heterocycles. The molecule has 0 heterocycles. The molecule has 1 rings (SSSR count). The third-order valence-corrected chi connectivity index (χ3v) is 6.50. The van der Waals surface area contributed by atoms with Crippen LogP contribution in [-0.2, 0) is 19.6 Å². The topological polar surface area (TPSA) is 110 Å². The van der Waals surface area contributed by atoms with E-state index in [9.17, 15) is 23.1 Å². The van der Waals surface area contributed by atoms with E-state index in [4.69, 9.17) is 4.74 Å². The van der Waals surface area contributed by atoms with Gasteiger partial charge < -0.3 is 9.84 Å². The van der Waals surface area contributed by atoms with Crippen LogP contribution in [0.25, 0.3) is 0 Å². The van der Waals surface area contributed by atoms with Crippen molar-refractivity contribution < 1.29 is 27.9 Å². The van der Waals surface area contributed by atoms with E-state index in [2.05, 4.69) is 20.8 Å². The predicted octanol–water partition coefficient (Wildman–Crippen LogP) is 4.52. The molecule has 0 radical (unpaired) electrons. The number of hydrogen-bond donors (Lipinski definition) is 2. The number of carbonyl (C=O) groups is 2. The molecular formula is C24H41NO6S. The van der Waals surface area contributed by atoms with E-state index >= 15 is 0 Å². The minimum atomic E-state index is -3.59. The van der Waals surface area contributed by atoms with E-state index in [0.29, 0.717) is 6.42 Å². The summed E-state index contributed by atoms with van der Waals surface area (Å²) in [6.45, 7) is 6.48. The van der Waals surface area contributed by atoms with Gasteiger partial charge in [0.1, 0.15) is 0 Å². The lowest BCUT2D eigenvalue weighted by Crippen LogP contribution is -2.30.